The fraction of sp³-hybridized carbons (Fsp3) is 0.417. The standard InChI is InChI=1S/C12H15ClFNO2/c1-8(2)15(7-11(16)17)6-9-4-3-5-10(14)12(9)13/h3-5,8H,6-7H2,1-2H3,(H,16,17). The van der Waals surface area contributed by atoms with Gasteiger partial charge in [-0.05, 0) is 25.5 Å². The topological polar surface area (TPSA) is 40.5 Å². The van der Waals surface area contributed by atoms with E-state index in [1.54, 1.807) is 17.0 Å². The molecule has 0 unspecified atom stereocenters. The zero-order valence-corrected chi connectivity index (χ0v) is 10.5. The summed E-state index contributed by atoms with van der Waals surface area (Å²) in [6.45, 7) is 4.00. The Bertz CT molecular complexity index is 409. The average molecular weight is 260 g/mol. The predicted octanol–water partition coefficient (Wildman–Crippen LogP) is 2.77. The van der Waals surface area contributed by atoms with Crippen LogP contribution in [0.5, 0.6) is 0 Å². The summed E-state index contributed by atoms with van der Waals surface area (Å²) in [6, 6.07) is 4.59. The molecule has 0 aliphatic carbocycles. The molecule has 0 spiro atoms. The molecule has 0 fully saturated rings. The summed E-state index contributed by atoms with van der Waals surface area (Å²) in [5, 5.41) is 8.84. The van der Waals surface area contributed by atoms with Gasteiger partial charge in [-0.15, -0.1) is 0 Å². The Morgan fingerprint density at radius 3 is 2.71 bits per heavy atom. The average Bonchev–Trinajstić information content (AvgIpc) is 2.22. The SMILES string of the molecule is CC(C)N(CC(=O)O)Cc1cccc(F)c1Cl. The van der Waals surface area contributed by atoms with Crippen molar-refractivity contribution in [1.82, 2.24) is 4.90 Å². The van der Waals surface area contributed by atoms with E-state index in [-0.39, 0.29) is 17.6 Å². The highest BCUT2D eigenvalue weighted by Crippen LogP contribution is 2.21. The summed E-state index contributed by atoms with van der Waals surface area (Å²) >= 11 is 5.83. The molecule has 0 aliphatic heterocycles. The summed E-state index contributed by atoms with van der Waals surface area (Å²) in [6.07, 6.45) is 0. The first-order chi connectivity index (χ1) is 7.91. The molecule has 0 atom stereocenters. The van der Waals surface area contributed by atoms with Gasteiger partial charge in [0.05, 0.1) is 11.6 Å². The minimum Gasteiger partial charge on any atom is -0.480 e. The highest BCUT2D eigenvalue weighted by atomic mass is 35.5. The minimum absolute atomic E-state index is 0.0467. The number of hydrogen-bond donors (Lipinski definition) is 1. The zero-order chi connectivity index (χ0) is 13.0. The van der Waals surface area contributed by atoms with Crippen LogP contribution in [0, 0.1) is 5.82 Å². The fourth-order valence-electron chi connectivity index (χ4n) is 1.48. The van der Waals surface area contributed by atoms with Crippen molar-refractivity contribution >= 4 is 17.6 Å². The maximum absolute atomic E-state index is 13.2. The van der Waals surface area contributed by atoms with Gasteiger partial charge in [-0.25, -0.2) is 4.39 Å². The van der Waals surface area contributed by atoms with Gasteiger partial charge in [-0.2, -0.15) is 0 Å². The second kappa shape index (κ2) is 5.98. The van der Waals surface area contributed by atoms with E-state index in [1.165, 1.54) is 6.07 Å². The van der Waals surface area contributed by atoms with E-state index in [2.05, 4.69) is 0 Å². The summed E-state index contributed by atoms with van der Waals surface area (Å²) in [7, 11) is 0. The molecule has 5 heteroatoms. The van der Waals surface area contributed by atoms with Crippen LogP contribution >= 0.6 is 11.6 Å². The molecule has 0 aliphatic rings. The number of halogens is 2. The van der Waals surface area contributed by atoms with Crippen molar-refractivity contribution in [2.45, 2.75) is 26.4 Å². The molecule has 1 rings (SSSR count). The molecule has 17 heavy (non-hydrogen) atoms. The molecular weight excluding hydrogens is 245 g/mol. The molecule has 0 saturated carbocycles. The maximum Gasteiger partial charge on any atom is 0.317 e. The Morgan fingerprint density at radius 1 is 1.53 bits per heavy atom. The number of rotatable bonds is 5. The highest BCUT2D eigenvalue weighted by molar-refractivity contribution is 6.31. The molecule has 0 saturated heterocycles. The molecule has 3 nitrogen and oxygen atoms in total. The smallest absolute Gasteiger partial charge is 0.317 e. The van der Waals surface area contributed by atoms with Crippen LogP contribution in [0.15, 0.2) is 18.2 Å². The first-order valence-corrected chi connectivity index (χ1v) is 5.68. The predicted molar refractivity (Wildman–Crippen MR) is 64.6 cm³/mol. The van der Waals surface area contributed by atoms with Gasteiger partial charge in [-0.3, -0.25) is 9.69 Å². The number of carboxylic acid groups (broad SMARTS) is 1. The van der Waals surface area contributed by atoms with Crippen molar-refractivity contribution in [2.24, 2.45) is 0 Å². The largest absolute Gasteiger partial charge is 0.480 e. The Hall–Kier alpha value is -1.13. The monoisotopic (exact) mass is 259 g/mol. The van der Waals surface area contributed by atoms with E-state index >= 15 is 0 Å². The molecule has 1 aromatic carbocycles. The van der Waals surface area contributed by atoms with Crippen molar-refractivity contribution in [1.29, 1.82) is 0 Å². The van der Waals surface area contributed by atoms with Gasteiger partial charge in [0.15, 0.2) is 0 Å². The first kappa shape index (κ1) is 13.9. The van der Waals surface area contributed by atoms with Crippen molar-refractivity contribution in [3.8, 4) is 0 Å². The second-order valence-corrected chi connectivity index (χ2v) is 4.48. The van der Waals surface area contributed by atoms with Crippen LogP contribution in [0.25, 0.3) is 0 Å². The Morgan fingerprint density at radius 2 is 2.18 bits per heavy atom. The van der Waals surface area contributed by atoms with E-state index < -0.39 is 11.8 Å². The van der Waals surface area contributed by atoms with Gasteiger partial charge in [-0.1, -0.05) is 23.7 Å². The van der Waals surface area contributed by atoms with Gasteiger partial charge in [0.1, 0.15) is 5.82 Å². The molecule has 1 aromatic rings. The lowest BCUT2D eigenvalue weighted by atomic mass is 10.2. The second-order valence-electron chi connectivity index (χ2n) is 4.11. The third kappa shape index (κ3) is 3.98. The van der Waals surface area contributed by atoms with Crippen LogP contribution < -0.4 is 0 Å². The summed E-state index contributed by atoms with van der Waals surface area (Å²) in [5.74, 6) is -1.39. The fourth-order valence-corrected chi connectivity index (χ4v) is 1.67. The Kier molecular flexibility index (Phi) is 4.90. The summed E-state index contributed by atoms with van der Waals surface area (Å²) in [4.78, 5) is 12.4. The molecule has 94 valence electrons. The molecule has 0 radical (unpaired) electrons. The number of nitrogens with zero attached hydrogens (tertiary/aromatic N) is 1. The van der Waals surface area contributed by atoms with Crippen LogP contribution in [0.2, 0.25) is 5.02 Å². The summed E-state index contributed by atoms with van der Waals surface area (Å²) < 4.78 is 13.2. The number of aliphatic carboxylic acids is 1. The lowest BCUT2D eigenvalue weighted by Crippen LogP contribution is -2.35. The van der Waals surface area contributed by atoms with Gasteiger partial charge >= 0.3 is 5.97 Å². The van der Waals surface area contributed by atoms with E-state index in [0.29, 0.717) is 12.1 Å². The lowest BCUT2D eigenvalue weighted by molar-refractivity contribution is -0.138. The molecule has 1 N–H and O–H groups in total. The maximum atomic E-state index is 13.2. The molecular formula is C12H15ClFNO2. The van der Waals surface area contributed by atoms with Gasteiger partial charge in [0.25, 0.3) is 0 Å². The van der Waals surface area contributed by atoms with Crippen LogP contribution in [-0.4, -0.2) is 28.6 Å². The van der Waals surface area contributed by atoms with Crippen LogP contribution in [0.4, 0.5) is 4.39 Å². The number of hydrogen-bond acceptors (Lipinski definition) is 2. The molecule has 0 amide bonds. The first-order valence-electron chi connectivity index (χ1n) is 5.30. The molecule has 0 heterocycles. The Labute approximate surface area is 105 Å². The van der Waals surface area contributed by atoms with Crippen LogP contribution in [0.1, 0.15) is 19.4 Å². The lowest BCUT2D eigenvalue weighted by Gasteiger charge is -2.24. The highest BCUT2D eigenvalue weighted by Gasteiger charge is 2.16. The zero-order valence-electron chi connectivity index (χ0n) is 9.78. The van der Waals surface area contributed by atoms with Crippen LogP contribution in [-0.2, 0) is 11.3 Å². The quantitative estimate of drug-likeness (QED) is 0.884. The van der Waals surface area contributed by atoms with Crippen molar-refractivity contribution < 1.29 is 14.3 Å². The van der Waals surface area contributed by atoms with Crippen molar-refractivity contribution in [3.63, 3.8) is 0 Å². The van der Waals surface area contributed by atoms with Crippen LogP contribution in [0.3, 0.4) is 0 Å². The Balaban J connectivity index is 2.86. The minimum atomic E-state index is -0.911. The number of benzene rings is 1. The molecule has 0 bridgehead atoms. The van der Waals surface area contributed by atoms with Gasteiger partial charge < -0.3 is 5.11 Å². The summed E-state index contributed by atoms with van der Waals surface area (Å²) in [5.41, 5.74) is 0.599. The van der Waals surface area contributed by atoms with Crippen molar-refractivity contribution in [2.75, 3.05) is 6.54 Å². The number of carboxylic acids is 1. The normalized spacial score (nSPS) is 11.2. The van der Waals surface area contributed by atoms with E-state index in [0.717, 1.165) is 0 Å². The van der Waals surface area contributed by atoms with Gasteiger partial charge in [0, 0.05) is 12.6 Å². The van der Waals surface area contributed by atoms with E-state index in [1.807, 2.05) is 13.8 Å². The van der Waals surface area contributed by atoms with Gasteiger partial charge in [0.2, 0.25) is 0 Å². The van der Waals surface area contributed by atoms with Crippen molar-refractivity contribution in [3.05, 3.63) is 34.6 Å². The third-order valence-electron chi connectivity index (χ3n) is 2.47. The van der Waals surface area contributed by atoms with E-state index in [9.17, 15) is 9.18 Å². The third-order valence-corrected chi connectivity index (χ3v) is 2.90. The molecule has 0 aromatic heterocycles. The van der Waals surface area contributed by atoms with E-state index in [4.69, 9.17) is 16.7 Å². The number of carbonyl (C=O) groups is 1.